The molecule has 7 nitrogen and oxygen atoms in total. The molecule has 1 aliphatic heterocycles. The van der Waals surface area contributed by atoms with Gasteiger partial charge in [0.25, 0.3) is 11.8 Å². The van der Waals surface area contributed by atoms with Gasteiger partial charge in [0.05, 0.1) is 22.2 Å². The molecule has 0 fully saturated rings. The molecule has 0 aliphatic carbocycles. The van der Waals surface area contributed by atoms with Gasteiger partial charge in [-0.15, -0.1) is 0 Å². The van der Waals surface area contributed by atoms with Gasteiger partial charge in [0.2, 0.25) is 5.56 Å². The molecule has 2 heterocycles. The molecule has 128 valence electrons. The second kappa shape index (κ2) is 5.62. The summed E-state index contributed by atoms with van der Waals surface area (Å²) < 4.78 is 13.3. The van der Waals surface area contributed by atoms with E-state index in [1.165, 1.54) is 18.2 Å². The smallest absolute Gasteiger partial charge is 0.324 e. The summed E-state index contributed by atoms with van der Waals surface area (Å²) in [7, 11) is 0. The molecular weight excluding hydrogens is 343 g/mol. The monoisotopic (exact) mass is 352 g/mol. The third-order valence-corrected chi connectivity index (χ3v) is 3.96. The van der Waals surface area contributed by atoms with Gasteiger partial charge in [-0.3, -0.25) is 14.4 Å². The van der Waals surface area contributed by atoms with Crippen LogP contribution in [0.4, 0.5) is 4.39 Å². The van der Waals surface area contributed by atoms with Gasteiger partial charge in [-0.2, -0.15) is 0 Å². The average Bonchev–Trinajstić information content (AvgIpc) is 2.86. The van der Waals surface area contributed by atoms with Crippen LogP contribution >= 0.6 is 0 Å². The first-order valence-electron chi connectivity index (χ1n) is 7.48. The summed E-state index contributed by atoms with van der Waals surface area (Å²) >= 11 is 0. The number of hydroxylamine groups is 2. The molecule has 0 radical (unpaired) electrons. The largest absolute Gasteiger partial charge is 0.364 e. The van der Waals surface area contributed by atoms with Crippen molar-refractivity contribution in [1.29, 1.82) is 0 Å². The van der Waals surface area contributed by atoms with Gasteiger partial charge >= 0.3 is 5.97 Å². The Kier molecular flexibility index (Phi) is 3.40. The van der Waals surface area contributed by atoms with E-state index in [4.69, 9.17) is 4.84 Å². The van der Waals surface area contributed by atoms with Gasteiger partial charge in [-0.25, -0.2) is 9.18 Å². The van der Waals surface area contributed by atoms with E-state index >= 15 is 0 Å². The van der Waals surface area contributed by atoms with Gasteiger partial charge in [0.15, 0.2) is 0 Å². The van der Waals surface area contributed by atoms with Crippen molar-refractivity contribution < 1.29 is 23.6 Å². The van der Waals surface area contributed by atoms with Crippen LogP contribution in [-0.2, 0) is 4.84 Å². The van der Waals surface area contributed by atoms with E-state index in [9.17, 15) is 23.6 Å². The van der Waals surface area contributed by atoms with Crippen molar-refractivity contribution in [2.75, 3.05) is 0 Å². The predicted octanol–water partition coefficient (Wildman–Crippen LogP) is 2.04. The van der Waals surface area contributed by atoms with Crippen LogP contribution in [-0.4, -0.2) is 27.8 Å². The maximum absolute atomic E-state index is 13.3. The Morgan fingerprint density at radius 3 is 2.27 bits per heavy atom. The summed E-state index contributed by atoms with van der Waals surface area (Å²) in [6, 6.07) is 10.4. The van der Waals surface area contributed by atoms with Gasteiger partial charge in [0, 0.05) is 11.5 Å². The molecule has 0 saturated carbocycles. The second-order valence-corrected chi connectivity index (χ2v) is 5.57. The number of benzene rings is 2. The first-order valence-corrected chi connectivity index (χ1v) is 7.48. The van der Waals surface area contributed by atoms with Crippen molar-refractivity contribution >= 4 is 28.7 Å². The molecule has 4 rings (SSSR count). The normalized spacial score (nSPS) is 13.2. The molecule has 1 aliphatic rings. The van der Waals surface area contributed by atoms with Crippen molar-refractivity contribution in [3.63, 3.8) is 0 Å². The third kappa shape index (κ3) is 2.35. The summed E-state index contributed by atoms with van der Waals surface area (Å²) in [5, 5.41) is 0.566. The van der Waals surface area contributed by atoms with Crippen LogP contribution in [0.3, 0.4) is 0 Å². The second-order valence-electron chi connectivity index (χ2n) is 5.57. The number of hydrogen-bond acceptors (Lipinski definition) is 5. The van der Waals surface area contributed by atoms with Crippen LogP contribution < -0.4 is 5.56 Å². The topological polar surface area (TPSA) is 96.5 Å². The molecule has 0 saturated heterocycles. The maximum Gasteiger partial charge on any atom is 0.364 e. The lowest BCUT2D eigenvalue weighted by Gasteiger charge is -2.13. The number of aromatic amines is 1. The van der Waals surface area contributed by atoms with Crippen LogP contribution in [0.2, 0.25) is 0 Å². The minimum atomic E-state index is -1.08. The van der Waals surface area contributed by atoms with E-state index < -0.39 is 29.2 Å². The molecule has 3 aromatic rings. The molecule has 26 heavy (non-hydrogen) atoms. The summed E-state index contributed by atoms with van der Waals surface area (Å²) in [5.41, 5.74) is -0.532. The molecule has 2 aromatic carbocycles. The van der Waals surface area contributed by atoms with E-state index in [0.29, 0.717) is 5.06 Å². The van der Waals surface area contributed by atoms with Gasteiger partial charge in [-0.1, -0.05) is 17.2 Å². The van der Waals surface area contributed by atoms with Crippen LogP contribution in [0, 0.1) is 5.82 Å². The minimum Gasteiger partial charge on any atom is -0.324 e. The zero-order valence-electron chi connectivity index (χ0n) is 13.0. The Labute approximate surface area is 144 Å². The highest BCUT2D eigenvalue weighted by Gasteiger charge is 2.39. The highest BCUT2D eigenvalue weighted by molar-refractivity contribution is 6.21. The fourth-order valence-corrected chi connectivity index (χ4v) is 2.78. The Hall–Kier alpha value is -3.81. The van der Waals surface area contributed by atoms with Crippen LogP contribution in [0.1, 0.15) is 31.1 Å². The molecule has 2 amide bonds. The molecule has 0 spiro atoms. The summed E-state index contributed by atoms with van der Waals surface area (Å²) in [5.74, 6) is -3.24. The fraction of sp³-hybridized carbons (Fsp3) is 0. The SMILES string of the molecule is O=C(ON1C(=O)c2ccccc2C1=O)c1cc(=O)[nH]c2cc(F)ccc12. The number of fused-ring (bicyclic) bond motifs is 2. The van der Waals surface area contributed by atoms with Crippen LogP contribution in [0.15, 0.2) is 53.3 Å². The van der Waals surface area contributed by atoms with Crippen LogP contribution in [0.5, 0.6) is 0 Å². The van der Waals surface area contributed by atoms with Gasteiger partial charge in [-0.05, 0) is 30.3 Å². The number of nitrogens with one attached hydrogen (secondary N) is 1. The van der Waals surface area contributed by atoms with Gasteiger partial charge < -0.3 is 9.82 Å². The van der Waals surface area contributed by atoms with E-state index in [-0.39, 0.29) is 27.6 Å². The van der Waals surface area contributed by atoms with Crippen molar-refractivity contribution in [3.8, 4) is 0 Å². The molecule has 8 heteroatoms. The number of nitrogens with zero attached hydrogens (tertiary/aromatic N) is 1. The predicted molar refractivity (Wildman–Crippen MR) is 86.9 cm³/mol. The molecule has 0 unspecified atom stereocenters. The van der Waals surface area contributed by atoms with E-state index in [1.807, 2.05) is 0 Å². The Bertz CT molecular complexity index is 1130. The molecule has 0 bridgehead atoms. The molecule has 0 atom stereocenters. The number of hydrogen-bond donors (Lipinski definition) is 1. The standard InChI is InChI=1S/C18H9FN2O5/c19-9-5-6-10-13(8-15(22)20-14(10)7-9)18(25)26-21-16(23)11-3-1-2-4-12(11)17(21)24/h1-8H,(H,20,22). The molecular formula is C18H9FN2O5. The first kappa shape index (κ1) is 15.7. The zero-order chi connectivity index (χ0) is 18.4. The lowest BCUT2D eigenvalue weighted by atomic mass is 10.1. The number of carbonyl (C=O) groups is 3. The third-order valence-electron chi connectivity index (χ3n) is 3.96. The lowest BCUT2D eigenvalue weighted by Crippen LogP contribution is -2.33. The summed E-state index contributed by atoms with van der Waals surface area (Å²) in [6.07, 6.45) is 0. The highest BCUT2D eigenvalue weighted by atomic mass is 19.1. The molecule has 1 N–H and O–H groups in total. The van der Waals surface area contributed by atoms with E-state index in [2.05, 4.69) is 4.98 Å². The number of H-pyrrole nitrogens is 1. The zero-order valence-corrected chi connectivity index (χ0v) is 13.0. The quantitative estimate of drug-likeness (QED) is 0.712. The summed E-state index contributed by atoms with van der Waals surface area (Å²) in [6.45, 7) is 0. The Morgan fingerprint density at radius 1 is 0.962 bits per heavy atom. The number of amides is 2. The number of halogens is 1. The van der Waals surface area contributed by atoms with E-state index in [0.717, 1.165) is 18.2 Å². The van der Waals surface area contributed by atoms with Crippen molar-refractivity contribution in [2.24, 2.45) is 0 Å². The minimum absolute atomic E-state index is 0.0896. The lowest BCUT2D eigenvalue weighted by molar-refractivity contribution is -0.0583. The highest BCUT2D eigenvalue weighted by Crippen LogP contribution is 2.24. The Morgan fingerprint density at radius 2 is 1.62 bits per heavy atom. The summed E-state index contributed by atoms with van der Waals surface area (Å²) in [4.78, 5) is 56.1. The number of rotatable bonds is 2. The number of pyridine rings is 1. The number of imide groups is 1. The maximum atomic E-state index is 13.3. The molecule has 1 aromatic heterocycles. The van der Waals surface area contributed by atoms with Crippen LogP contribution in [0.25, 0.3) is 10.9 Å². The van der Waals surface area contributed by atoms with Crippen molar-refractivity contribution in [1.82, 2.24) is 10.0 Å². The van der Waals surface area contributed by atoms with Crippen molar-refractivity contribution in [3.05, 3.63) is 81.4 Å². The Balaban J connectivity index is 1.72. The number of carbonyl (C=O) groups excluding carboxylic acids is 3. The number of aromatic nitrogens is 1. The van der Waals surface area contributed by atoms with Gasteiger partial charge in [0.1, 0.15) is 5.82 Å². The fourth-order valence-electron chi connectivity index (χ4n) is 2.78. The van der Waals surface area contributed by atoms with Crippen molar-refractivity contribution in [2.45, 2.75) is 0 Å². The average molecular weight is 352 g/mol. The van der Waals surface area contributed by atoms with E-state index in [1.54, 1.807) is 12.1 Å². The first-order chi connectivity index (χ1) is 12.5.